The molecular weight excluding hydrogens is 913 g/mol. The van der Waals surface area contributed by atoms with Crippen LogP contribution in [0.5, 0.6) is 23.0 Å². The van der Waals surface area contributed by atoms with E-state index in [0.717, 1.165) is 31.8 Å². The Labute approximate surface area is 393 Å². The highest BCUT2D eigenvalue weighted by Gasteiger charge is 2.42. The summed E-state index contributed by atoms with van der Waals surface area (Å²) >= 11 is 0. The Hall–Kier alpha value is -9.98. The zero-order valence-corrected chi connectivity index (χ0v) is 36.3. The van der Waals surface area contributed by atoms with Gasteiger partial charge >= 0.3 is 23.9 Å². The Kier molecular flexibility index (Phi) is 11.4. The van der Waals surface area contributed by atoms with Gasteiger partial charge in [-0.1, -0.05) is 0 Å². The molecule has 5 aromatic carbocycles. The van der Waals surface area contributed by atoms with Gasteiger partial charge in [-0.2, -0.15) is 0 Å². The van der Waals surface area contributed by atoms with E-state index in [1.54, 1.807) is 0 Å². The molecule has 0 unspecified atom stereocenters. The molecule has 20 heteroatoms. The first kappa shape index (κ1) is 45.2. The lowest BCUT2D eigenvalue weighted by atomic mass is 10.1. The molecule has 0 aliphatic carbocycles. The van der Waals surface area contributed by atoms with Crippen molar-refractivity contribution in [1.29, 1.82) is 0 Å². The average Bonchev–Trinajstić information content (AvgIpc) is 3.94. The third kappa shape index (κ3) is 8.38. The first-order valence-corrected chi connectivity index (χ1v) is 20.7. The van der Waals surface area contributed by atoms with Crippen molar-refractivity contribution in [3.05, 3.63) is 177 Å². The van der Waals surface area contributed by atoms with Crippen LogP contribution in [0.15, 0.2) is 132 Å². The topological polar surface area (TPSA) is 255 Å². The van der Waals surface area contributed by atoms with Gasteiger partial charge in [0.05, 0.1) is 44.5 Å². The minimum atomic E-state index is -0.882. The lowest BCUT2D eigenvalue weighted by Gasteiger charge is -2.21. The Morgan fingerprint density at radius 3 is 0.914 bits per heavy atom. The normalized spacial score (nSPS) is 15.1. The minimum absolute atomic E-state index is 0.0211. The van der Waals surface area contributed by atoms with Crippen LogP contribution in [0.25, 0.3) is 0 Å². The van der Waals surface area contributed by atoms with E-state index < -0.39 is 84.5 Å². The second-order valence-electron chi connectivity index (χ2n) is 15.8. The quantitative estimate of drug-likeness (QED) is 0.0960. The number of ether oxygens (including phenoxy) is 4. The van der Waals surface area contributed by atoms with Crippen LogP contribution in [0, 0.1) is 0 Å². The fraction of sp³-hybridized carbons (Fsp3) is 0.0800. The molecule has 4 aliphatic heterocycles. The standard InChI is InChI=1S/C50H30N4O16/c1-25-19-39(55)51(41(25)57)23-53-43(59)35-17-7-29(21-37(35)45(53)61)49(65)69-31-9-3-27(4-10-31)47(63)67-33-13-15-34(16-14-33)68-48(64)28-5-11-32(12-6-28)70-50(66)30-8-18-36-38(22-30)46(62)54(44(36)60)24-52-40(56)20-26(2)42(52)58/h3-22H,23-24H2,1-2H3. The highest BCUT2D eigenvalue weighted by molar-refractivity contribution is 6.24. The van der Waals surface area contributed by atoms with Crippen LogP contribution in [-0.4, -0.2) is 104 Å². The molecule has 20 nitrogen and oxygen atoms in total. The van der Waals surface area contributed by atoms with Gasteiger partial charge in [-0.15, -0.1) is 0 Å². The van der Waals surface area contributed by atoms with E-state index in [0.29, 0.717) is 0 Å². The molecular formula is C50H30N4O16. The maximum absolute atomic E-state index is 13.1. The smallest absolute Gasteiger partial charge is 0.343 e. The van der Waals surface area contributed by atoms with Gasteiger partial charge in [0.15, 0.2) is 0 Å². The Balaban J connectivity index is 0.743. The van der Waals surface area contributed by atoms with Gasteiger partial charge in [0.1, 0.15) is 36.3 Å². The van der Waals surface area contributed by atoms with E-state index in [9.17, 15) is 57.5 Å². The lowest BCUT2D eigenvalue weighted by Crippen LogP contribution is -2.44. The maximum Gasteiger partial charge on any atom is 0.343 e. The van der Waals surface area contributed by atoms with Crippen LogP contribution in [-0.2, 0) is 19.2 Å². The second-order valence-corrected chi connectivity index (χ2v) is 15.8. The summed E-state index contributed by atoms with van der Waals surface area (Å²) in [7, 11) is 0. The highest BCUT2D eigenvalue weighted by atomic mass is 16.5. The number of hydrogen-bond acceptors (Lipinski definition) is 16. The van der Waals surface area contributed by atoms with Crippen molar-refractivity contribution < 1.29 is 76.5 Å². The first-order chi connectivity index (χ1) is 33.4. The van der Waals surface area contributed by atoms with E-state index in [1.165, 1.54) is 123 Å². The van der Waals surface area contributed by atoms with Crippen LogP contribution in [0.4, 0.5) is 0 Å². The van der Waals surface area contributed by atoms with Crippen molar-refractivity contribution in [2.24, 2.45) is 0 Å². The molecule has 5 aromatic rings. The Morgan fingerprint density at radius 1 is 0.343 bits per heavy atom. The molecule has 0 bridgehead atoms. The van der Waals surface area contributed by atoms with E-state index in [-0.39, 0.29) is 78.7 Å². The molecule has 0 fully saturated rings. The molecule has 0 saturated carbocycles. The third-order valence-corrected chi connectivity index (χ3v) is 11.2. The van der Waals surface area contributed by atoms with Crippen LogP contribution in [0.3, 0.4) is 0 Å². The Morgan fingerprint density at radius 2 is 0.614 bits per heavy atom. The number of carbonyl (C=O) groups is 12. The SMILES string of the molecule is CC1=CC(=O)N(CN2C(=O)c3ccc(C(=O)Oc4ccc(C(=O)Oc5ccc(OC(=O)c6ccc(OC(=O)c7ccc8c(c7)C(=O)N(CN7C(=O)C=C(C)C7=O)C8=O)cc6)cc5)cc4)cc3C2=O)C1=O. The average molecular weight is 943 g/mol. The van der Waals surface area contributed by atoms with Crippen molar-refractivity contribution >= 4 is 71.1 Å². The summed E-state index contributed by atoms with van der Waals surface area (Å²) in [5.74, 6) is -8.73. The molecule has 0 N–H and O–H groups in total. The van der Waals surface area contributed by atoms with Crippen molar-refractivity contribution in [2.45, 2.75) is 13.8 Å². The van der Waals surface area contributed by atoms with Gasteiger partial charge in [0.2, 0.25) is 0 Å². The summed E-state index contributed by atoms with van der Waals surface area (Å²) in [6.07, 6.45) is 2.21. The zero-order valence-electron chi connectivity index (χ0n) is 36.3. The summed E-state index contributed by atoms with van der Waals surface area (Å²) < 4.78 is 21.6. The summed E-state index contributed by atoms with van der Waals surface area (Å²) in [4.78, 5) is 156. The summed E-state index contributed by atoms with van der Waals surface area (Å²) in [6, 6.07) is 23.6. The fourth-order valence-electron chi connectivity index (χ4n) is 7.48. The molecule has 4 aliphatic rings. The summed E-state index contributed by atoms with van der Waals surface area (Å²) in [5, 5.41) is 0. The number of nitrogens with zero attached hydrogens (tertiary/aromatic N) is 4. The Bertz CT molecular complexity index is 3100. The molecule has 0 saturated heterocycles. The highest BCUT2D eigenvalue weighted by Crippen LogP contribution is 2.29. The third-order valence-electron chi connectivity index (χ3n) is 11.2. The number of carbonyl (C=O) groups excluding carboxylic acids is 12. The van der Waals surface area contributed by atoms with Crippen molar-refractivity contribution in [2.75, 3.05) is 13.3 Å². The predicted molar refractivity (Wildman–Crippen MR) is 234 cm³/mol. The number of amides is 8. The molecule has 4 heterocycles. The van der Waals surface area contributed by atoms with Gasteiger partial charge < -0.3 is 18.9 Å². The molecule has 9 rings (SSSR count). The largest absolute Gasteiger partial charge is 0.423 e. The first-order valence-electron chi connectivity index (χ1n) is 20.7. The molecule has 8 amide bonds. The van der Waals surface area contributed by atoms with Crippen LogP contribution in [0.1, 0.15) is 96.7 Å². The van der Waals surface area contributed by atoms with E-state index in [4.69, 9.17) is 18.9 Å². The number of benzene rings is 5. The number of esters is 4. The number of rotatable bonds is 12. The maximum atomic E-state index is 13.1. The van der Waals surface area contributed by atoms with E-state index in [2.05, 4.69) is 0 Å². The van der Waals surface area contributed by atoms with Crippen LogP contribution >= 0.6 is 0 Å². The minimum Gasteiger partial charge on any atom is -0.423 e. The predicted octanol–water partition coefficient (Wildman–Crippen LogP) is 4.30. The molecule has 70 heavy (non-hydrogen) atoms. The van der Waals surface area contributed by atoms with Crippen LogP contribution < -0.4 is 18.9 Å². The summed E-state index contributed by atoms with van der Waals surface area (Å²) in [6.45, 7) is 1.69. The lowest BCUT2D eigenvalue weighted by molar-refractivity contribution is -0.140. The van der Waals surface area contributed by atoms with Crippen molar-refractivity contribution in [1.82, 2.24) is 19.6 Å². The van der Waals surface area contributed by atoms with E-state index >= 15 is 0 Å². The number of fused-ring (bicyclic) bond motifs is 2. The van der Waals surface area contributed by atoms with Crippen molar-refractivity contribution in [3.8, 4) is 23.0 Å². The van der Waals surface area contributed by atoms with Crippen LogP contribution in [0.2, 0.25) is 0 Å². The monoisotopic (exact) mass is 942 g/mol. The molecule has 0 aromatic heterocycles. The zero-order chi connectivity index (χ0) is 49.7. The number of hydrogen-bond donors (Lipinski definition) is 0. The van der Waals surface area contributed by atoms with Crippen molar-refractivity contribution in [3.63, 3.8) is 0 Å². The fourth-order valence-corrected chi connectivity index (χ4v) is 7.48. The second kappa shape index (κ2) is 17.7. The number of imide groups is 4. The molecule has 0 spiro atoms. The van der Waals surface area contributed by atoms with E-state index in [1.807, 2.05) is 0 Å². The summed E-state index contributed by atoms with van der Waals surface area (Å²) in [5.41, 5.74) is 0.0754. The van der Waals surface area contributed by atoms with Gasteiger partial charge in [-0.25, -0.2) is 19.2 Å². The molecule has 0 radical (unpaired) electrons. The van der Waals surface area contributed by atoms with Gasteiger partial charge in [0, 0.05) is 23.3 Å². The van der Waals surface area contributed by atoms with Gasteiger partial charge in [0.25, 0.3) is 47.3 Å². The molecule has 0 atom stereocenters. The van der Waals surface area contributed by atoms with Gasteiger partial charge in [-0.3, -0.25) is 58.0 Å². The van der Waals surface area contributed by atoms with Gasteiger partial charge in [-0.05, 0) is 123 Å². The molecule has 346 valence electrons.